The first-order valence-electron chi connectivity index (χ1n) is 6.82. The number of nitrogens with one attached hydrogen (secondary N) is 1. The number of hydrogen-bond acceptors (Lipinski definition) is 3. The van der Waals surface area contributed by atoms with E-state index in [9.17, 15) is 0 Å². The van der Waals surface area contributed by atoms with Crippen molar-refractivity contribution in [3.05, 3.63) is 65.9 Å². The highest BCUT2D eigenvalue weighted by atomic mass is 35.5. The summed E-state index contributed by atoms with van der Waals surface area (Å²) in [6.07, 6.45) is 1.71. The number of aromatic amines is 1. The van der Waals surface area contributed by atoms with Gasteiger partial charge < -0.3 is 15.5 Å². The van der Waals surface area contributed by atoms with Gasteiger partial charge in [0.1, 0.15) is 5.75 Å². The molecule has 0 bridgehead atoms. The van der Waals surface area contributed by atoms with Crippen molar-refractivity contribution in [3.63, 3.8) is 0 Å². The van der Waals surface area contributed by atoms with Crippen molar-refractivity contribution < 1.29 is 4.74 Å². The minimum atomic E-state index is 0. The molecule has 23 heavy (non-hydrogen) atoms. The molecule has 0 saturated carbocycles. The van der Waals surface area contributed by atoms with Crippen LogP contribution in [0.25, 0.3) is 11.3 Å². The molecule has 0 saturated heterocycles. The number of halogens is 1. The Bertz CT molecular complexity index is 862. The van der Waals surface area contributed by atoms with Gasteiger partial charge in [-0.15, -0.1) is 12.4 Å². The molecule has 5 heteroatoms. The molecule has 116 valence electrons. The lowest BCUT2D eigenvalue weighted by Gasteiger charge is -2.01. The highest BCUT2D eigenvalue weighted by Crippen LogP contribution is 2.19. The second-order valence-electron chi connectivity index (χ2n) is 4.71. The van der Waals surface area contributed by atoms with Crippen molar-refractivity contribution in [2.75, 3.05) is 12.8 Å². The minimum absolute atomic E-state index is 0. The third kappa shape index (κ3) is 3.85. The first kappa shape index (κ1) is 16.5. The van der Waals surface area contributed by atoms with Gasteiger partial charge in [0.2, 0.25) is 0 Å². The van der Waals surface area contributed by atoms with E-state index in [1.54, 1.807) is 13.3 Å². The average Bonchev–Trinajstić information content (AvgIpc) is 3.00. The molecular weight excluding hydrogens is 310 g/mol. The smallest absolute Gasteiger partial charge is 0.197 e. The average molecular weight is 326 g/mol. The molecule has 4 nitrogen and oxygen atoms in total. The van der Waals surface area contributed by atoms with Gasteiger partial charge in [-0.1, -0.05) is 36.1 Å². The normalized spacial score (nSPS) is 9.43. The van der Waals surface area contributed by atoms with Gasteiger partial charge in [0.25, 0.3) is 0 Å². The number of hydrogen-bond donors (Lipinski definition) is 2. The fraction of sp³-hybridized carbons (Fsp3) is 0.0556. The summed E-state index contributed by atoms with van der Waals surface area (Å²) in [5.74, 6) is 7.47. The molecule has 3 aromatic rings. The van der Waals surface area contributed by atoms with Crippen molar-refractivity contribution in [3.8, 4) is 28.8 Å². The summed E-state index contributed by atoms with van der Waals surface area (Å²) in [4.78, 5) is 7.02. The minimum Gasteiger partial charge on any atom is -0.495 e. The fourth-order valence-corrected chi connectivity index (χ4v) is 2.14. The molecule has 0 atom stereocenters. The van der Waals surface area contributed by atoms with Crippen molar-refractivity contribution in [2.45, 2.75) is 0 Å². The van der Waals surface area contributed by atoms with Crippen molar-refractivity contribution in [1.29, 1.82) is 0 Å². The summed E-state index contributed by atoms with van der Waals surface area (Å²) in [7, 11) is 1.64. The molecule has 0 unspecified atom stereocenters. The zero-order chi connectivity index (χ0) is 15.4. The van der Waals surface area contributed by atoms with Crippen LogP contribution in [0.15, 0.2) is 54.7 Å². The van der Waals surface area contributed by atoms with Crippen LogP contribution >= 0.6 is 12.4 Å². The fourth-order valence-electron chi connectivity index (χ4n) is 2.14. The maximum absolute atomic E-state index is 5.61. The second-order valence-corrected chi connectivity index (χ2v) is 4.71. The molecule has 0 radical (unpaired) electrons. The third-order valence-corrected chi connectivity index (χ3v) is 3.22. The van der Waals surface area contributed by atoms with E-state index < -0.39 is 0 Å². The Morgan fingerprint density at radius 3 is 2.65 bits per heavy atom. The summed E-state index contributed by atoms with van der Waals surface area (Å²) in [5, 5.41) is 0. The number of para-hydroxylation sites is 1. The lowest BCUT2D eigenvalue weighted by molar-refractivity contribution is 0.413. The maximum Gasteiger partial charge on any atom is 0.197 e. The van der Waals surface area contributed by atoms with Gasteiger partial charge in [-0.05, 0) is 24.3 Å². The third-order valence-electron chi connectivity index (χ3n) is 3.22. The Labute approximate surface area is 141 Å². The number of imidazole rings is 1. The first-order chi connectivity index (χ1) is 10.8. The molecular formula is C18H16ClN3O. The number of rotatable bonds is 2. The van der Waals surface area contributed by atoms with Crippen LogP contribution in [0, 0.1) is 11.8 Å². The standard InChI is InChI=1S/C18H15N3O.ClH/c1-22-17-8-3-2-6-14(17)10-9-13-5-4-7-15(11-13)16-12-20-18(19)21-16;/h2-8,11-12H,1H3,(H3,19,20,21);1H. The van der Waals surface area contributed by atoms with Crippen LogP contribution in [0.5, 0.6) is 5.75 Å². The van der Waals surface area contributed by atoms with E-state index in [1.807, 2.05) is 48.5 Å². The van der Waals surface area contributed by atoms with Crippen molar-refractivity contribution in [2.24, 2.45) is 0 Å². The molecule has 2 aromatic carbocycles. The van der Waals surface area contributed by atoms with Gasteiger partial charge in [-0.3, -0.25) is 0 Å². The number of aromatic nitrogens is 2. The van der Waals surface area contributed by atoms with Gasteiger partial charge in [0.15, 0.2) is 5.95 Å². The largest absolute Gasteiger partial charge is 0.495 e. The van der Waals surface area contributed by atoms with Crippen LogP contribution in [0.2, 0.25) is 0 Å². The Morgan fingerprint density at radius 2 is 1.91 bits per heavy atom. The van der Waals surface area contributed by atoms with Crippen LogP contribution in [0.4, 0.5) is 5.95 Å². The summed E-state index contributed by atoms with van der Waals surface area (Å²) in [6.45, 7) is 0. The van der Waals surface area contributed by atoms with E-state index in [-0.39, 0.29) is 12.4 Å². The topological polar surface area (TPSA) is 63.9 Å². The van der Waals surface area contributed by atoms with Crippen LogP contribution in [-0.4, -0.2) is 17.1 Å². The molecule has 0 aliphatic heterocycles. The maximum atomic E-state index is 5.61. The monoisotopic (exact) mass is 325 g/mol. The number of benzene rings is 2. The second kappa shape index (κ2) is 7.39. The summed E-state index contributed by atoms with van der Waals surface area (Å²) in [6, 6.07) is 15.6. The summed E-state index contributed by atoms with van der Waals surface area (Å²) in [5.41, 5.74) is 9.26. The van der Waals surface area contributed by atoms with Crippen LogP contribution in [0.3, 0.4) is 0 Å². The number of methoxy groups -OCH3 is 1. The van der Waals surface area contributed by atoms with E-state index in [2.05, 4.69) is 21.8 Å². The van der Waals surface area contributed by atoms with Crippen LogP contribution < -0.4 is 10.5 Å². The van der Waals surface area contributed by atoms with Gasteiger partial charge in [0.05, 0.1) is 24.6 Å². The van der Waals surface area contributed by atoms with Crippen LogP contribution in [0.1, 0.15) is 11.1 Å². The lowest BCUT2D eigenvalue weighted by Crippen LogP contribution is -1.87. The highest BCUT2D eigenvalue weighted by Gasteiger charge is 2.01. The zero-order valence-corrected chi connectivity index (χ0v) is 13.4. The van der Waals surface area contributed by atoms with Crippen molar-refractivity contribution >= 4 is 18.4 Å². The van der Waals surface area contributed by atoms with E-state index >= 15 is 0 Å². The number of nitrogens with two attached hydrogens (primary N) is 1. The molecule has 3 rings (SSSR count). The summed E-state index contributed by atoms with van der Waals surface area (Å²) >= 11 is 0. The zero-order valence-electron chi connectivity index (χ0n) is 12.5. The molecule has 0 aliphatic carbocycles. The predicted molar refractivity (Wildman–Crippen MR) is 94.7 cm³/mol. The Morgan fingerprint density at radius 1 is 1.09 bits per heavy atom. The molecule has 0 spiro atoms. The Balaban J connectivity index is 0.00000192. The lowest BCUT2D eigenvalue weighted by atomic mass is 10.1. The number of nitrogen functional groups attached to an aromatic ring is 1. The van der Waals surface area contributed by atoms with Crippen LogP contribution in [-0.2, 0) is 0 Å². The van der Waals surface area contributed by atoms with Gasteiger partial charge >= 0.3 is 0 Å². The molecule has 1 heterocycles. The van der Waals surface area contributed by atoms with Gasteiger partial charge in [0, 0.05) is 11.1 Å². The van der Waals surface area contributed by atoms with E-state index in [4.69, 9.17) is 10.5 Å². The highest BCUT2D eigenvalue weighted by molar-refractivity contribution is 5.85. The van der Waals surface area contributed by atoms with E-state index in [1.165, 1.54) is 0 Å². The quantitative estimate of drug-likeness (QED) is 0.709. The molecule has 0 amide bonds. The number of ether oxygens (including phenoxy) is 1. The molecule has 0 aliphatic rings. The first-order valence-corrected chi connectivity index (χ1v) is 6.82. The Hall–Kier alpha value is -2.90. The number of anilines is 1. The predicted octanol–water partition coefficient (Wildman–Crippen LogP) is 3.49. The van der Waals surface area contributed by atoms with E-state index in [0.717, 1.165) is 28.1 Å². The summed E-state index contributed by atoms with van der Waals surface area (Å²) < 4.78 is 5.30. The SMILES string of the molecule is COc1ccccc1C#Cc1cccc(-c2cnc(N)[nH]2)c1.Cl. The molecule has 3 N–H and O–H groups in total. The molecule has 0 fully saturated rings. The van der Waals surface area contributed by atoms with Gasteiger partial charge in [-0.25, -0.2) is 4.98 Å². The number of nitrogens with zero attached hydrogens (tertiary/aromatic N) is 1. The van der Waals surface area contributed by atoms with E-state index in [0.29, 0.717) is 5.95 Å². The molecule has 1 aromatic heterocycles. The Kier molecular flexibility index (Phi) is 5.29. The van der Waals surface area contributed by atoms with Gasteiger partial charge in [-0.2, -0.15) is 0 Å². The number of H-pyrrole nitrogens is 1. The van der Waals surface area contributed by atoms with Crippen molar-refractivity contribution in [1.82, 2.24) is 9.97 Å².